The van der Waals surface area contributed by atoms with E-state index in [1.165, 1.54) is 11.3 Å². The highest BCUT2D eigenvalue weighted by Gasteiger charge is 2.30. The van der Waals surface area contributed by atoms with Crippen molar-refractivity contribution in [2.45, 2.75) is 72.1 Å². The van der Waals surface area contributed by atoms with E-state index in [-0.39, 0.29) is 10.8 Å². The summed E-state index contributed by atoms with van der Waals surface area (Å²) in [5.74, 6) is 0. The van der Waals surface area contributed by atoms with E-state index >= 15 is 0 Å². The maximum Gasteiger partial charge on any atom is 0.0616 e. The summed E-state index contributed by atoms with van der Waals surface area (Å²) in [6, 6.07) is 0. The van der Waals surface area contributed by atoms with E-state index in [2.05, 4.69) is 65.6 Å². The van der Waals surface area contributed by atoms with Crippen LogP contribution in [0.25, 0.3) is 6.08 Å². The Balaban J connectivity index is 3.36. The summed E-state index contributed by atoms with van der Waals surface area (Å²) >= 11 is 0. The van der Waals surface area contributed by atoms with E-state index in [0.29, 0.717) is 0 Å². The van der Waals surface area contributed by atoms with Gasteiger partial charge in [-0.3, -0.25) is 0 Å². The summed E-state index contributed by atoms with van der Waals surface area (Å²) in [5.41, 5.74) is 11.0. The number of allylic oxidation sites excluding steroid dienone is 1. The Morgan fingerprint density at radius 1 is 1.05 bits per heavy atom. The molecule has 0 saturated carbocycles. The zero-order valence-corrected chi connectivity index (χ0v) is 13.6. The average Bonchev–Trinajstić information content (AvgIpc) is 2.55. The largest absolute Gasteiger partial charge is 0.397 e. The van der Waals surface area contributed by atoms with Crippen molar-refractivity contribution in [1.82, 2.24) is 4.98 Å². The zero-order valence-electron chi connectivity index (χ0n) is 13.6. The number of nitrogen functional groups attached to an aromatic ring is 1. The first-order valence-electron chi connectivity index (χ1n) is 7.28. The van der Waals surface area contributed by atoms with Crippen LogP contribution >= 0.6 is 0 Å². The van der Waals surface area contributed by atoms with Crippen molar-refractivity contribution in [1.29, 1.82) is 0 Å². The Morgan fingerprint density at radius 2 is 1.63 bits per heavy atom. The van der Waals surface area contributed by atoms with Crippen LogP contribution in [0.5, 0.6) is 0 Å². The number of rotatable bonds is 3. The Morgan fingerprint density at radius 3 is 2.00 bits per heavy atom. The molecule has 1 aromatic heterocycles. The van der Waals surface area contributed by atoms with E-state index in [1.807, 2.05) is 0 Å². The molecule has 0 bridgehead atoms. The molecular formula is C17H30N2. The van der Waals surface area contributed by atoms with Gasteiger partial charge >= 0.3 is 0 Å². The highest BCUT2D eigenvalue weighted by molar-refractivity contribution is 5.69. The van der Waals surface area contributed by atoms with Gasteiger partial charge in [-0.05, 0) is 17.9 Å². The number of nitrogens with two attached hydrogens (primary N) is 1. The highest BCUT2D eigenvalue weighted by Crippen LogP contribution is 2.39. The summed E-state index contributed by atoms with van der Waals surface area (Å²) in [7, 11) is 0. The first-order valence-corrected chi connectivity index (χ1v) is 7.28. The average molecular weight is 262 g/mol. The van der Waals surface area contributed by atoms with Gasteiger partial charge in [0.15, 0.2) is 0 Å². The van der Waals surface area contributed by atoms with Gasteiger partial charge in [-0.25, -0.2) is 0 Å². The van der Waals surface area contributed by atoms with Gasteiger partial charge in [-0.15, -0.1) is 0 Å². The van der Waals surface area contributed by atoms with Crippen molar-refractivity contribution < 1.29 is 0 Å². The van der Waals surface area contributed by atoms with Gasteiger partial charge in [-0.1, -0.05) is 61.0 Å². The van der Waals surface area contributed by atoms with Crippen LogP contribution < -0.4 is 5.73 Å². The second-order valence-corrected chi connectivity index (χ2v) is 7.39. The van der Waals surface area contributed by atoms with Crippen molar-refractivity contribution in [3.63, 3.8) is 0 Å². The third kappa shape index (κ3) is 3.65. The molecule has 0 spiro atoms. The van der Waals surface area contributed by atoms with Crippen molar-refractivity contribution >= 4 is 11.8 Å². The molecule has 3 N–H and O–H groups in total. The predicted molar refractivity (Wildman–Crippen MR) is 86.5 cm³/mol. The van der Waals surface area contributed by atoms with E-state index in [4.69, 9.17) is 5.73 Å². The van der Waals surface area contributed by atoms with Crippen molar-refractivity contribution in [2.75, 3.05) is 5.73 Å². The lowest BCUT2D eigenvalue weighted by Gasteiger charge is -2.27. The van der Waals surface area contributed by atoms with Crippen LogP contribution in [0.15, 0.2) is 6.08 Å². The molecule has 1 rings (SSSR count). The van der Waals surface area contributed by atoms with Gasteiger partial charge in [-0.2, -0.15) is 0 Å². The lowest BCUT2D eigenvalue weighted by Crippen LogP contribution is -2.22. The third-order valence-electron chi connectivity index (χ3n) is 3.31. The molecule has 0 atom stereocenters. The molecule has 108 valence electrons. The Labute approximate surface area is 118 Å². The number of nitrogens with one attached hydrogen (secondary N) is 1. The minimum Gasteiger partial charge on any atom is -0.397 e. The number of hydrogen-bond acceptors (Lipinski definition) is 1. The maximum absolute atomic E-state index is 6.39. The van der Waals surface area contributed by atoms with Gasteiger partial charge in [0.05, 0.1) is 11.4 Å². The van der Waals surface area contributed by atoms with Gasteiger partial charge in [0.1, 0.15) is 0 Å². The molecule has 0 radical (unpaired) electrons. The third-order valence-corrected chi connectivity index (χ3v) is 3.31. The molecule has 0 aliphatic rings. The highest BCUT2D eigenvalue weighted by atomic mass is 14.8. The molecule has 0 unspecified atom stereocenters. The van der Waals surface area contributed by atoms with Crippen LogP contribution in [-0.2, 0) is 10.8 Å². The van der Waals surface area contributed by atoms with Crippen LogP contribution in [0, 0.1) is 0 Å². The number of hydrogen-bond donors (Lipinski definition) is 2. The standard InChI is InChI=1S/C17H30N2/c1-8-9-10-11-12-14(18)13(16(2,3)4)15(19-12)17(5,6)7/h10-11,19H,8-9,18H2,1-7H3/b11-10-. The van der Waals surface area contributed by atoms with E-state index < -0.39 is 0 Å². The number of H-pyrrole nitrogens is 1. The molecule has 1 aromatic rings. The minimum absolute atomic E-state index is 0.0556. The van der Waals surface area contributed by atoms with Gasteiger partial charge in [0.2, 0.25) is 0 Å². The fourth-order valence-electron chi connectivity index (χ4n) is 2.37. The van der Waals surface area contributed by atoms with Crippen molar-refractivity contribution in [3.8, 4) is 0 Å². The lowest BCUT2D eigenvalue weighted by atomic mass is 9.79. The van der Waals surface area contributed by atoms with Crippen LogP contribution in [0.3, 0.4) is 0 Å². The SMILES string of the molecule is CCC/C=C\c1[nH]c(C(C)(C)C)c(C(C)(C)C)c1N. The van der Waals surface area contributed by atoms with E-state index in [1.54, 1.807) is 0 Å². The molecular weight excluding hydrogens is 232 g/mol. The summed E-state index contributed by atoms with van der Waals surface area (Å²) in [6.45, 7) is 15.5. The zero-order chi connectivity index (χ0) is 14.8. The summed E-state index contributed by atoms with van der Waals surface area (Å²) in [6.07, 6.45) is 6.58. The number of anilines is 1. The quantitative estimate of drug-likeness (QED) is 0.790. The van der Waals surface area contributed by atoms with Crippen molar-refractivity contribution in [2.24, 2.45) is 0 Å². The monoisotopic (exact) mass is 262 g/mol. The topological polar surface area (TPSA) is 41.8 Å². The number of aromatic amines is 1. The number of unbranched alkanes of at least 4 members (excludes halogenated alkanes) is 1. The smallest absolute Gasteiger partial charge is 0.0616 e. The molecule has 0 fully saturated rings. The molecule has 0 aromatic carbocycles. The fraction of sp³-hybridized carbons (Fsp3) is 0.647. The molecule has 0 aliphatic heterocycles. The normalized spacial score (nSPS) is 13.4. The fourth-order valence-corrected chi connectivity index (χ4v) is 2.37. The molecule has 0 aliphatic carbocycles. The molecule has 0 amide bonds. The van der Waals surface area contributed by atoms with Crippen LogP contribution in [-0.4, -0.2) is 4.98 Å². The first-order chi connectivity index (χ1) is 8.59. The van der Waals surface area contributed by atoms with E-state index in [0.717, 1.165) is 24.2 Å². The minimum atomic E-state index is 0.0556. The Hall–Kier alpha value is -1.18. The second kappa shape index (κ2) is 5.44. The summed E-state index contributed by atoms with van der Waals surface area (Å²) in [4.78, 5) is 3.54. The molecule has 0 saturated heterocycles. The first kappa shape index (κ1) is 15.9. The maximum atomic E-state index is 6.39. The number of aromatic nitrogens is 1. The predicted octanol–water partition coefficient (Wildman–Crippen LogP) is 5.01. The van der Waals surface area contributed by atoms with Gasteiger partial charge in [0, 0.05) is 16.7 Å². The molecule has 1 heterocycles. The van der Waals surface area contributed by atoms with Gasteiger partial charge < -0.3 is 10.7 Å². The molecule has 19 heavy (non-hydrogen) atoms. The van der Waals surface area contributed by atoms with E-state index in [9.17, 15) is 0 Å². The molecule has 2 heteroatoms. The van der Waals surface area contributed by atoms with Crippen LogP contribution in [0.2, 0.25) is 0 Å². The Bertz CT molecular complexity index is 451. The van der Waals surface area contributed by atoms with Crippen molar-refractivity contribution in [3.05, 3.63) is 23.0 Å². The van der Waals surface area contributed by atoms with Crippen LogP contribution in [0.4, 0.5) is 5.69 Å². The second-order valence-electron chi connectivity index (χ2n) is 7.39. The summed E-state index contributed by atoms with van der Waals surface area (Å²) in [5, 5.41) is 0. The van der Waals surface area contributed by atoms with Crippen LogP contribution in [0.1, 0.15) is 78.3 Å². The Kier molecular flexibility index (Phi) is 4.54. The lowest BCUT2D eigenvalue weighted by molar-refractivity contribution is 0.522. The van der Waals surface area contributed by atoms with Gasteiger partial charge in [0.25, 0.3) is 0 Å². The summed E-state index contributed by atoms with van der Waals surface area (Å²) < 4.78 is 0. The molecule has 2 nitrogen and oxygen atoms in total.